The number of sulfonamides is 1. The minimum absolute atomic E-state index is 0.0347. The summed E-state index contributed by atoms with van der Waals surface area (Å²) >= 11 is 0. The molecule has 0 saturated carbocycles. The second-order valence-corrected chi connectivity index (χ2v) is 12.8. The van der Waals surface area contributed by atoms with Gasteiger partial charge in [-0.05, 0) is 73.5 Å². The highest BCUT2D eigenvalue weighted by Crippen LogP contribution is 2.33. The molecule has 4 aromatic rings. The number of halogens is 1. The predicted molar refractivity (Wildman–Crippen MR) is 135 cm³/mol. The van der Waals surface area contributed by atoms with E-state index in [4.69, 9.17) is 0 Å². The quantitative estimate of drug-likeness (QED) is 0.367. The predicted octanol–water partition coefficient (Wildman–Crippen LogP) is 3.44. The summed E-state index contributed by atoms with van der Waals surface area (Å²) < 4.78 is 66.9. The topological polar surface area (TPSA) is 115 Å². The number of rotatable bonds is 6. The maximum atomic E-state index is 13.5. The third-order valence-electron chi connectivity index (χ3n) is 6.31. The molecule has 37 heavy (non-hydrogen) atoms. The van der Waals surface area contributed by atoms with Gasteiger partial charge in [-0.2, -0.15) is 9.40 Å². The van der Waals surface area contributed by atoms with E-state index in [2.05, 4.69) is 15.1 Å². The number of nitrogens with zero attached hydrogens (tertiary/aromatic N) is 5. The molecule has 9 nitrogen and oxygen atoms in total. The highest BCUT2D eigenvalue weighted by molar-refractivity contribution is 7.90. The molecule has 1 aliphatic rings. The monoisotopic (exact) mass is 541 g/mol. The van der Waals surface area contributed by atoms with Gasteiger partial charge in [-0.1, -0.05) is 0 Å². The first-order chi connectivity index (χ1) is 17.6. The largest absolute Gasteiger partial charge is 0.250 e. The molecule has 0 spiro atoms. The summed E-state index contributed by atoms with van der Waals surface area (Å²) in [5.74, 6) is -0.209. The Morgan fingerprint density at radius 3 is 2.22 bits per heavy atom. The first kappa shape index (κ1) is 25.2. The average Bonchev–Trinajstić information content (AvgIpc) is 3.35. The zero-order valence-electron chi connectivity index (χ0n) is 19.9. The van der Waals surface area contributed by atoms with Crippen LogP contribution in [0.5, 0.6) is 0 Å². The number of aromatic nitrogens is 4. The number of sulfone groups is 1. The van der Waals surface area contributed by atoms with Crippen LogP contribution in [0.2, 0.25) is 0 Å². The van der Waals surface area contributed by atoms with Crippen LogP contribution in [0.3, 0.4) is 0 Å². The van der Waals surface area contributed by atoms with Crippen molar-refractivity contribution in [2.45, 2.75) is 28.6 Å². The maximum Gasteiger partial charge on any atom is 0.250 e. The van der Waals surface area contributed by atoms with Gasteiger partial charge in [-0.25, -0.2) is 35.9 Å². The lowest BCUT2D eigenvalue weighted by Gasteiger charge is -2.32. The fraction of sp³-hybridized carbons (Fsp3) is 0.240. The third-order valence-corrected chi connectivity index (χ3v) is 9.32. The van der Waals surface area contributed by atoms with E-state index >= 15 is 0 Å². The van der Waals surface area contributed by atoms with Gasteiger partial charge >= 0.3 is 0 Å². The summed E-state index contributed by atoms with van der Waals surface area (Å²) in [5, 5.41) is 4.68. The van der Waals surface area contributed by atoms with Crippen molar-refractivity contribution in [3.63, 3.8) is 0 Å². The van der Waals surface area contributed by atoms with Crippen LogP contribution in [0.4, 0.5) is 4.39 Å². The summed E-state index contributed by atoms with van der Waals surface area (Å²) in [6.45, 7) is 0.547. The molecule has 0 amide bonds. The highest BCUT2D eigenvalue weighted by Gasteiger charge is 2.33. The van der Waals surface area contributed by atoms with Crippen molar-refractivity contribution < 1.29 is 21.2 Å². The van der Waals surface area contributed by atoms with Gasteiger partial charge in [0, 0.05) is 43.2 Å². The molecule has 2 aromatic carbocycles. The average molecular weight is 542 g/mol. The van der Waals surface area contributed by atoms with Crippen molar-refractivity contribution in [1.29, 1.82) is 0 Å². The van der Waals surface area contributed by atoms with E-state index in [1.807, 2.05) is 6.07 Å². The molecule has 1 atom stereocenters. The zero-order valence-corrected chi connectivity index (χ0v) is 21.5. The van der Waals surface area contributed by atoms with Crippen LogP contribution in [-0.4, -0.2) is 60.2 Å². The Morgan fingerprint density at radius 2 is 1.57 bits per heavy atom. The van der Waals surface area contributed by atoms with Crippen LogP contribution in [-0.2, 0) is 19.9 Å². The van der Waals surface area contributed by atoms with Gasteiger partial charge in [0.25, 0.3) is 5.95 Å². The summed E-state index contributed by atoms with van der Waals surface area (Å²) in [5.41, 5.74) is 2.06. The molecule has 12 heteroatoms. The lowest BCUT2D eigenvalue weighted by Crippen LogP contribution is -2.39. The Balaban J connectivity index is 1.49. The molecule has 5 rings (SSSR count). The molecular formula is C25H24FN5O4S2. The number of benzene rings is 2. The van der Waals surface area contributed by atoms with Crippen LogP contribution in [0.25, 0.3) is 17.2 Å². The van der Waals surface area contributed by atoms with E-state index in [0.717, 1.165) is 18.4 Å². The fourth-order valence-electron chi connectivity index (χ4n) is 4.42. The molecule has 0 N–H and O–H groups in total. The van der Waals surface area contributed by atoms with E-state index in [1.165, 1.54) is 40.7 Å². The van der Waals surface area contributed by atoms with E-state index in [0.29, 0.717) is 30.2 Å². The lowest BCUT2D eigenvalue weighted by atomic mass is 9.95. The van der Waals surface area contributed by atoms with Crippen molar-refractivity contribution >= 4 is 19.9 Å². The van der Waals surface area contributed by atoms with Gasteiger partial charge < -0.3 is 0 Å². The van der Waals surface area contributed by atoms with Gasteiger partial charge in [0.1, 0.15) is 5.82 Å². The molecule has 2 aromatic heterocycles. The van der Waals surface area contributed by atoms with Crippen LogP contribution in [0.15, 0.2) is 82.8 Å². The Bertz CT molecular complexity index is 1620. The Hall–Kier alpha value is -3.48. The fourth-order valence-corrected chi connectivity index (χ4v) is 6.57. The van der Waals surface area contributed by atoms with Gasteiger partial charge in [-0.15, -0.1) is 0 Å². The molecule has 1 aliphatic heterocycles. The highest BCUT2D eigenvalue weighted by atomic mass is 32.2. The molecular weight excluding hydrogens is 517 g/mol. The van der Waals surface area contributed by atoms with Crippen molar-refractivity contribution in [3.05, 3.63) is 84.6 Å². The van der Waals surface area contributed by atoms with Gasteiger partial charge in [0.15, 0.2) is 9.84 Å². The van der Waals surface area contributed by atoms with Crippen molar-refractivity contribution in [3.8, 4) is 17.2 Å². The Labute approximate surface area is 214 Å². The molecule has 0 bridgehead atoms. The SMILES string of the molecule is CS(=O)(=O)c1ccc(S(=O)(=O)N2CCCC(c3cc(-c4ccc(F)cc4)nn3-c3ncccn3)C2)cc1. The third kappa shape index (κ3) is 5.17. The van der Waals surface area contributed by atoms with Gasteiger partial charge in [-0.3, -0.25) is 0 Å². The normalized spacial score (nSPS) is 17.1. The molecule has 1 saturated heterocycles. The smallest absolute Gasteiger partial charge is 0.224 e. The van der Waals surface area contributed by atoms with Gasteiger partial charge in [0.05, 0.1) is 21.2 Å². The molecule has 1 unspecified atom stereocenters. The Morgan fingerprint density at radius 1 is 0.919 bits per heavy atom. The van der Waals surface area contributed by atoms with E-state index in [9.17, 15) is 21.2 Å². The maximum absolute atomic E-state index is 13.5. The molecule has 3 heterocycles. The number of hydrogen-bond donors (Lipinski definition) is 0. The van der Waals surface area contributed by atoms with Crippen molar-refractivity contribution in [1.82, 2.24) is 24.1 Å². The minimum atomic E-state index is -3.86. The summed E-state index contributed by atoms with van der Waals surface area (Å²) in [6.07, 6.45) is 5.62. The lowest BCUT2D eigenvalue weighted by molar-refractivity contribution is 0.310. The van der Waals surface area contributed by atoms with Crippen molar-refractivity contribution in [2.24, 2.45) is 0 Å². The first-order valence-electron chi connectivity index (χ1n) is 11.6. The van der Waals surface area contributed by atoms with Crippen molar-refractivity contribution in [2.75, 3.05) is 19.3 Å². The summed E-state index contributed by atoms with van der Waals surface area (Å²) in [6, 6.07) is 14.8. The standard InChI is InChI=1S/C25H24FN5O4S2/c1-36(32,33)21-9-11-22(12-10-21)37(34,35)30-15-2-4-19(17-30)24-16-23(18-5-7-20(26)8-6-18)29-31(24)25-27-13-3-14-28-25/h3,5-14,16,19H,2,4,15,17H2,1H3. The molecule has 0 radical (unpaired) electrons. The summed E-state index contributed by atoms with van der Waals surface area (Å²) in [7, 11) is -7.30. The molecule has 1 fully saturated rings. The van der Waals surface area contributed by atoms with E-state index in [1.54, 1.807) is 35.3 Å². The van der Waals surface area contributed by atoms with Gasteiger partial charge in [0.2, 0.25) is 10.0 Å². The number of hydrogen-bond acceptors (Lipinski definition) is 7. The molecule has 192 valence electrons. The van der Waals surface area contributed by atoms with Crippen LogP contribution in [0, 0.1) is 5.82 Å². The molecule has 0 aliphatic carbocycles. The van der Waals surface area contributed by atoms with Crippen LogP contribution >= 0.6 is 0 Å². The van der Waals surface area contributed by atoms with E-state index < -0.39 is 19.9 Å². The zero-order chi connectivity index (χ0) is 26.2. The van der Waals surface area contributed by atoms with Crippen LogP contribution in [0.1, 0.15) is 24.5 Å². The summed E-state index contributed by atoms with van der Waals surface area (Å²) in [4.78, 5) is 8.73. The minimum Gasteiger partial charge on any atom is -0.224 e. The first-order valence-corrected chi connectivity index (χ1v) is 14.9. The van der Waals surface area contributed by atoms with Crippen LogP contribution < -0.4 is 0 Å². The Kier molecular flexibility index (Phi) is 6.65. The second-order valence-electron chi connectivity index (χ2n) is 8.87. The van der Waals surface area contributed by atoms with E-state index in [-0.39, 0.29) is 28.1 Å². The number of piperidine rings is 1. The second kappa shape index (κ2) is 9.77.